The average Bonchev–Trinajstić information content (AvgIpc) is 2.27. The summed E-state index contributed by atoms with van der Waals surface area (Å²) in [4.78, 5) is 0. The van der Waals surface area contributed by atoms with Crippen LogP contribution in [0.25, 0.3) is 0 Å². The van der Waals surface area contributed by atoms with Crippen molar-refractivity contribution in [2.45, 2.75) is 25.9 Å². The van der Waals surface area contributed by atoms with Crippen LogP contribution in [0.15, 0.2) is 18.2 Å². The van der Waals surface area contributed by atoms with Gasteiger partial charge in [0.1, 0.15) is 5.75 Å². The monoisotopic (exact) mass is 226 g/mol. The molecule has 2 nitrogen and oxygen atoms in total. The summed E-state index contributed by atoms with van der Waals surface area (Å²) in [5.41, 5.74) is 2.01. The second-order valence-electron chi connectivity index (χ2n) is 3.85. The zero-order valence-corrected chi connectivity index (χ0v) is 10.3. The van der Waals surface area contributed by atoms with Crippen LogP contribution in [-0.4, -0.2) is 18.0 Å². The molecular formula is C12H18O2S. The largest absolute Gasteiger partial charge is 0.496 e. The molecule has 0 fully saturated rings. The lowest BCUT2D eigenvalue weighted by molar-refractivity contribution is 0.199. The predicted molar refractivity (Wildman–Crippen MR) is 65.9 cm³/mol. The molecule has 0 amide bonds. The molecule has 1 aromatic carbocycles. The maximum absolute atomic E-state index is 9.71. The number of aliphatic hydroxyl groups excluding tert-OH is 1. The molecule has 1 aromatic rings. The number of benzene rings is 1. The standard InChI is InChI=1S/C12H18O2S/c1-8(2)9-4-5-10(11(13)7-15)12(6-9)14-3/h4-6,8,11,13,15H,7H2,1-3H3. The topological polar surface area (TPSA) is 29.5 Å². The maximum Gasteiger partial charge on any atom is 0.124 e. The highest BCUT2D eigenvalue weighted by atomic mass is 32.1. The first kappa shape index (κ1) is 12.4. The van der Waals surface area contributed by atoms with E-state index in [9.17, 15) is 5.11 Å². The molecule has 0 heterocycles. The Kier molecular flexibility index (Phi) is 4.48. The van der Waals surface area contributed by atoms with Gasteiger partial charge in [-0.25, -0.2) is 0 Å². The molecule has 0 aromatic heterocycles. The Hall–Kier alpha value is -0.670. The maximum atomic E-state index is 9.71. The highest BCUT2D eigenvalue weighted by Gasteiger charge is 2.12. The van der Waals surface area contributed by atoms with Crippen molar-refractivity contribution in [3.8, 4) is 5.75 Å². The van der Waals surface area contributed by atoms with Gasteiger partial charge in [0.05, 0.1) is 13.2 Å². The van der Waals surface area contributed by atoms with Crippen molar-refractivity contribution in [1.82, 2.24) is 0 Å². The van der Waals surface area contributed by atoms with Gasteiger partial charge in [-0.3, -0.25) is 0 Å². The van der Waals surface area contributed by atoms with Crippen LogP contribution in [0, 0.1) is 0 Å². The summed E-state index contributed by atoms with van der Waals surface area (Å²) in [7, 11) is 1.62. The van der Waals surface area contributed by atoms with Crippen LogP contribution in [0.3, 0.4) is 0 Å². The average molecular weight is 226 g/mol. The minimum atomic E-state index is -0.565. The molecule has 0 saturated carbocycles. The Morgan fingerprint density at radius 2 is 2.07 bits per heavy atom. The van der Waals surface area contributed by atoms with Crippen LogP contribution in [0.1, 0.15) is 37.0 Å². The summed E-state index contributed by atoms with van der Waals surface area (Å²) in [5, 5.41) is 9.71. The normalized spacial score (nSPS) is 12.9. The van der Waals surface area contributed by atoms with E-state index in [4.69, 9.17) is 4.74 Å². The number of methoxy groups -OCH3 is 1. The van der Waals surface area contributed by atoms with Crippen molar-refractivity contribution in [2.24, 2.45) is 0 Å². The van der Waals surface area contributed by atoms with Crippen LogP contribution < -0.4 is 4.74 Å². The van der Waals surface area contributed by atoms with Gasteiger partial charge in [-0.1, -0.05) is 26.0 Å². The molecule has 0 bridgehead atoms. The fraction of sp³-hybridized carbons (Fsp3) is 0.500. The molecule has 84 valence electrons. The summed E-state index contributed by atoms with van der Waals surface area (Å²) < 4.78 is 5.27. The third-order valence-electron chi connectivity index (χ3n) is 2.46. The number of hydrogen-bond acceptors (Lipinski definition) is 3. The lowest BCUT2D eigenvalue weighted by Gasteiger charge is -2.15. The molecule has 0 saturated heterocycles. The molecule has 1 atom stereocenters. The van der Waals surface area contributed by atoms with Crippen molar-refractivity contribution < 1.29 is 9.84 Å². The quantitative estimate of drug-likeness (QED) is 0.773. The Labute approximate surface area is 96.7 Å². The van der Waals surface area contributed by atoms with Crippen molar-refractivity contribution in [3.63, 3.8) is 0 Å². The highest BCUT2D eigenvalue weighted by molar-refractivity contribution is 7.80. The van der Waals surface area contributed by atoms with Crippen LogP contribution in [0.5, 0.6) is 5.75 Å². The fourth-order valence-corrected chi connectivity index (χ4v) is 1.66. The molecule has 0 aliphatic carbocycles. The van der Waals surface area contributed by atoms with E-state index in [0.29, 0.717) is 11.7 Å². The van der Waals surface area contributed by atoms with Crippen LogP contribution in [0.2, 0.25) is 0 Å². The molecule has 1 rings (SSSR count). The zero-order chi connectivity index (χ0) is 11.4. The van der Waals surface area contributed by atoms with E-state index >= 15 is 0 Å². The van der Waals surface area contributed by atoms with Crippen LogP contribution in [-0.2, 0) is 0 Å². The van der Waals surface area contributed by atoms with Gasteiger partial charge in [0, 0.05) is 11.3 Å². The van der Waals surface area contributed by atoms with Gasteiger partial charge in [-0.15, -0.1) is 0 Å². The van der Waals surface area contributed by atoms with E-state index in [2.05, 4.69) is 26.5 Å². The van der Waals surface area contributed by atoms with E-state index < -0.39 is 6.10 Å². The summed E-state index contributed by atoms with van der Waals surface area (Å²) in [6, 6.07) is 5.91. The third kappa shape index (κ3) is 2.89. The molecule has 0 aliphatic rings. The lowest BCUT2D eigenvalue weighted by Crippen LogP contribution is -2.03. The molecular weight excluding hydrogens is 208 g/mol. The lowest BCUT2D eigenvalue weighted by atomic mass is 9.99. The van der Waals surface area contributed by atoms with Gasteiger partial charge in [0.2, 0.25) is 0 Å². The van der Waals surface area contributed by atoms with Gasteiger partial charge < -0.3 is 9.84 Å². The van der Waals surface area contributed by atoms with Gasteiger partial charge in [-0.05, 0) is 17.5 Å². The summed E-state index contributed by atoms with van der Waals surface area (Å²) in [5.74, 6) is 1.60. The number of thiol groups is 1. The number of rotatable bonds is 4. The highest BCUT2D eigenvalue weighted by Crippen LogP contribution is 2.29. The first-order valence-electron chi connectivity index (χ1n) is 5.07. The number of aliphatic hydroxyl groups is 1. The van der Waals surface area contributed by atoms with Crippen molar-refractivity contribution in [2.75, 3.05) is 12.9 Å². The summed E-state index contributed by atoms with van der Waals surface area (Å²) >= 11 is 4.07. The first-order valence-corrected chi connectivity index (χ1v) is 5.70. The van der Waals surface area contributed by atoms with Gasteiger partial charge in [0.15, 0.2) is 0 Å². The number of hydrogen-bond donors (Lipinski definition) is 2. The Morgan fingerprint density at radius 1 is 1.40 bits per heavy atom. The van der Waals surface area contributed by atoms with Crippen molar-refractivity contribution >= 4 is 12.6 Å². The summed E-state index contributed by atoms with van der Waals surface area (Å²) in [6.45, 7) is 4.26. The van der Waals surface area contributed by atoms with Gasteiger partial charge in [0.25, 0.3) is 0 Å². The van der Waals surface area contributed by atoms with E-state index in [0.717, 1.165) is 11.3 Å². The number of ether oxygens (including phenoxy) is 1. The smallest absolute Gasteiger partial charge is 0.124 e. The first-order chi connectivity index (χ1) is 7.10. The van der Waals surface area contributed by atoms with E-state index in [1.807, 2.05) is 18.2 Å². The molecule has 1 N–H and O–H groups in total. The molecule has 0 spiro atoms. The van der Waals surface area contributed by atoms with Crippen LogP contribution >= 0.6 is 12.6 Å². The Morgan fingerprint density at radius 3 is 2.53 bits per heavy atom. The second kappa shape index (κ2) is 5.42. The fourth-order valence-electron chi connectivity index (χ4n) is 1.46. The Bertz CT molecular complexity index is 323. The van der Waals surface area contributed by atoms with E-state index in [-0.39, 0.29) is 0 Å². The molecule has 0 radical (unpaired) electrons. The van der Waals surface area contributed by atoms with E-state index in [1.54, 1.807) is 7.11 Å². The minimum absolute atomic E-state index is 0.400. The van der Waals surface area contributed by atoms with Crippen LogP contribution in [0.4, 0.5) is 0 Å². The predicted octanol–water partition coefficient (Wildman–Crippen LogP) is 2.78. The van der Waals surface area contributed by atoms with Gasteiger partial charge in [-0.2, -0.15) is 12.6 Å². The van der Waals surface area contributed by atoms with E-state index in [1.165, 1.54) is 5.56 Å². The minimum Gasteiger partial charge on any atom is -0.496 e. The van der Waals surface area contributed by atoms with Crippen molar-refractivity contribution in [3.05, 3.63) is 29.3 Å². The van der Waals surface area contributed by atoms with Gasteiger partial charge >= 0.3 is 0 Å². The molecule has 15 heavy (non-hydrogen) atoms. The second-order valence-corrected chi connectivity index (χ2v) is 4.22. The molecule has 3 heteroatoms. The molecule has 1 unspecified atom stereocenters. The molecule has 0 aliphatic heterocycles. The van der Waals surface area contributed by atoms with Crippen molar-refractivity contribution in [1.29, 1.82) is 0 Å². The Balaban J connectivity index is 3.09. The third-order valence-corrected chi connectivity index (χ3v) is 2.80. The SMILES string of the molecule is COc1cc(C(C)C)ccc1C(O)CS. The summed E-state index contributed by atoms with van der Waals surface area (Å²) in [6.07, 6.45) is -0.565. The zero-order valence-electron chi connectivity index (χ0n) is 9.40.